The number of rotatable bonds is 5. The highest BCUT2D eigenvalue weighted by atomic mass is 16.2. The van der Waals surface area contributed by atoms with Crippen LogP contribution in [-0.4, -0.2) is 43.4 Å². The molecule has 144 valence electrons. The first kappa shape index (κ1) is 20.5. The lowest BCUT2D eigenvalue weighted by Gasteiger charge is -2.21. The quantitative estimate of drug-likeness (QED) is 0.879. The molecule has 0 atom stereocenters. The Morgan fingerprint density at radius 1 is 0.852 bits per heavy atom. The van der Waals surface area contributed by atoms with Gasteiger partial charge in [-0.3, -0.25) is 9.59 Å². The van der Waals surface area contributed by atoms with Crippen molar-refractivity contribution in [2.75, 3.05) is 26.0 Å². The summed E-state index contributed by atoms with van der Waals surface area (Å²) in [5.41, 5.74) is 3.00. The molecule has 5 nitrogen and oxygen atoms in total. The topological polar surface area (TPSA) is 52.7 Å². The summed E-state index contributed by atoms with van der Waals surface area (Å²) in [6.45, 7) is 6.33. The van der Waals surface area contributed by atoms with Gasteiger partial charge in [0, 0.05) is 50.0 Å². The number of benzene rings is 2. The molecule has 27 heavy (non-hydrogen) atoms. The molecule has 0 aliphatic rings. The molecule has 0 unspecified atom stereocenters. The molecule has 2 amide bonds. The zero-order chi connectivity index (χ0) is 20.2. The maximum absolute atomic E-state index is 12.7. The minimum Gasteiger partial charge on any atom is -0.378 e. The van der Waals surface area contributed by atoms with Gasteiger partial charge in [-0.15, -0.1) is 0 Å². The van der Waals surface area contributed by atoms with Crippen LogP contribution >= 0.6 is 0 Å². The van der Waals surface area contributed by atoms with Crippen LogP contribution in [0.15, 0.2) is 48.5 Å². The van der Waals surface area contributed by atoms with E-state index in [0.29, 0.717) is 17.7 Å². The Morgan fingerprint density at radius 2 is 1.37 bits per heavy atom. The number of nitrogens with one attached hydrogen (secondary N) is 1. The summed E-state index contributed by atoms with van der Waals surface area (Å²) in [5, 5.41) is 2.91. The third-order valence-corrected chi connectivity index (χ3v) is 4.10. The number of hydrogen-bond acceptors (Lipinski definition) is 3. The molecule has 0 bridgehead atoms. The van der Waals surface area contributed by atoms with E-state index < -0.39 is 0 Å². The highest BCUT2D eigenvalue weighted by molar-refractivity contribution is 5.98. The Balaban J connectivity index is 2.03. The van der Waals surface area contributed by atoms with Crippen molar-refractivity contribution in [3.8, 4) is 0 Å². The second-order valence-corrected chi connectivity index (χ2v) is 8.00. The highest BCUT2D eigenvalue weighted by Crippen LogP contribution is 2.15. The van der Waals surface area contributed by atoms with Crippen molar-refractivity contribution in [3.63, 3.8) is 0 Å². The normalized spacial score (nSPS) is 11.0. The van der Waals surface area contributed by atoms with Crippen LogP contribution in [0, 0.1) is 0 Å². The predicted octanol–water partition coefficient (Wildman–Crippen LogP) is 3.55. The highest BCUT2D eigenvalue weighted by Gasteiger charge is 2.17. The summed E-state index contributed by atoms with van der Waals surface area (Å²) < 4.78 is 0. The number of amides is 2. The molecule has 0 aliphatic heterocycles. The first-order chi connectivity index (χ1) is 12.6. The van der Waals surface area contributed by atoms with Crippen molar-refractivity contribution in [3.05, 3.63) is 65.2 Å². The largest absolute Gasteiger partial charge is 0.378 e. The van der Waals surface area contributed by atoms with Crippen LogP contribution in [0.2, 0.25) is 0 Å². The van der Waals surface area contributed by atoms with Gasteiger partial charge in [-0.1, -0.05) is 12.1 Å². The van der Waals surface area contributed by atoms with E-state index in [0.717, 1.165) is 11.3 Å². The molecule has 0 aromatic heterocycles. The monoisotopic (exact) mass is 367 g/mol. The minimum absolute atomic E-state index is 0.0746. The Hall–Kier alpha value is -2.82. The second-order valence-electron chi connectivity index (χ2n) is 8.00. The van der Waals surface area contributed by atoms with Crippen molar-refractivity contribution in [2.45, 2.75) is 32.9 Å². The Bertz CT molecular complexity index is 788. The molecule has 0 radical (unpaired) electrons. The first-order valence-corrected chi connectivity index (χ1v) is 9.01. The molecular weight excluding hydrogens is 338 g/mol. The van der Waals surface area contributed by atoms with Gasteiger partial charge in [0.2, 0.25) is 0 Å². The van der Waals surface area contributed by atoms with E-state index in [2.05, 4.69) is 5.32 Å². The molecule has 0 fully saturated rings. The Morgan fingerprint density at radius 3 is 1.85 bits per heavy atom. The number of anilines is 1. The molecule has 0 spiro atoms. The fourth-order valence-corrected chi connectivity index (χ4v) is 2.64. The van der Waals surface area contributed by atoms with Crippen molar-refractivity contribution in [2.24, 2.45) is 0 Å². The standard InChI is InChI=1S/C22H29N3O2/c1-22(2,3)23-20(26)17-9-11-18(12-10-17)21(27)25(6)15-16-7-13-19(14-8-16)24(4)5/h7-14H,15H2,1-6H3,(H,23,26). The maximum atomic E-state index is 12.7. The van der Waals surface area contributed by atoms with Crippen molar-refractivity contribution >= 4 is 17.5 Å². The third kappa shape index (κ3) is 5.84. The summed E-state index contributed by atoms with van der Waals surface area (Å²) >= 11 is 0. The molecule has 0 saturated heterocycles. The van der Waals surface area contributed by atoms with Gasteiger partial charge in [0.05, 0.1) is 0 Å². The van der Waals surface area contributed by atoms with Gasteiger partial charge in [0.25, 0.3) is 11.8 Å². The number of carbonyl (C=O) groups is 2. The van der Waals surface area contributed by atoms with Crippen LogP contribution in [0.25, 0.3) is 0 Å². The van der Waals surface area contributed by atoms with Crippen LogP contribution in [0.3, 0.4) is 0 Å². The van der Waals surface area contributed by atoms with Gasteiger partial charge in [-0.25, -0.2) is 0 Å². The van der Waals surface area contributed by atoms with E-state index in [-0.39, 0.29) is 17.4 Å². The summed E-state index contributed by atoms with van der Waals surface area (Å²) in [7, 11) is 5.77. The van der Waals surface area contributed by atoms with Crippen LogP contribution in [0.1, 0.15) is 47.1 Å². The molecule has 0 heterocycles. The van der Waals surface area contributed by atoms with Crippen molar-refractivity contribution in [1.82, 2.24) is 10.2 Å². The van der Waals surface area contributed by atoms with Gasteiger partial charge in [0.1, 0.15) is 0 Å². The van der Waals surface area contributed by atoms with Crippen LogP contribution < -0.4 is 10.2 Å². The fourth-order valence-electron chi connectivity index (χ4n) is 2.64. The molecular formula is C22H29N3O2. The van der Waals surface area contributed by atoms with E-state index in [9.17, 15) is 9.59 Å². The molecule has 0 saturated carbocycles. The third-order valence-electron chi connectivity index (χ3n) is 4.10. The van der Waals surface area contributed by atoms with Crippen LogP contribution in [0.5, 0.6) is 0 Å². The summed E-state index contributed by atoms with van der Waals surface area (Å²) in [6.07, 6.45) is 0. The van der Waals surface area contributed by atoms with Crippen molar-refractivity contribution < 1.29 is 9.59 Å². The van der Waals surface area contributed by atoms with Crippen LogP contribution in [-0.2, 0) is 6.54 Å². The molecule has 2 aromatic carbocycles. The van der Waals surface area contributed by atoms with Gasteiger partial charge >= 0.3 is 0 Å². The fraction of sp³-hybridized carbons (Fsp3) is 0.364. The maximum Gasteiger partial charge on any atom is 0.253 e. The minimum atomic E-state index is -0.298. The number of nitrogens with zero attached hydrogens (tertiary/aromatic N) is 2. The zero-order valence-corrected chi connectivity index (χ0v) is 17.0. The van der Waals surface area contributed by atoms with E-state index in [1.165, 1.54) is 0 Å². The summed E-state index contributed by atoms with van der Waals surface area (Å²) in [4.78, 5) is 28.5. The number of hydrogen-bond donors (Lipinski definition) is 1. The van der Waals surface area contributed by atoms with Crippen molar-refractivity contribution in [1.29, 1.82) is 0 Å². The van der Waals surface area contributed by atoms with E-state index in [1.807, 2.05) is 64.0 Å². The average Bonchev–Trinajstić information content (AvgIpc) is 2.60. The summed E-state index contributed by atoms with van der Waals surface area (Å²) in [6, 6.07) is 14.9. The molecule has 2 aromatic rings. The molecule has 5 heteroatoms. The summed E-state index contributed by atoms with van der Waals surface area (Å²) in [5.74, 6) is -0.217. The van der Waals surface area contributed by atoms with Gasteiger partial charge in [-0.2, -0.15) is 0 Å². The lowest BCUT2D eigenvalue weighted by Crippen LogP contribution is -2.40. The van der Waals surface area contributed by atoms with E-state index in [1.54, 1.807) is 36.2 Å². The van der Waals surface area contributed by atoms with Gasteiger partial charge in [-0.05, 0) is 62.7 Å². The molecule has 0 aliphatic carbocycles. The lowest BCUT2D eigenvalue weighted by atomic mass is 10.1. The van der Waals surface area contributed by atoms with Gasteiger partial charge < -0.3 is 15.1 Å². The van der Waals surface area contributed by atoms with E-state index >= 15 is 0 Å². The van der Waals surface area contributed by atoms with E-state index in [4.69, 9.17) is 0 Å². The first-order valence-electron chi connectivity index (χ1n) is 9.01. The molecule has 2 rings (SSSR count). The predicted molar refractivity (Wildman–Crippen MR) is 110 cm³/mol. The van der Waals surface area contributed by atoms with Crippen LogP contribution in [0.4, 0.5) is 5.69 Å². The average molecular weight is 367 g/mol. The second kappa shape index (κ2) is 8.25. The Labute approximate surface area is 162 Å². The zero-order valence-electron chi connectivity index (χ0n) is 17.0. The smallest absolute Gasteiger partial charge is 0.253 e. The molecule has 1 N–H and O–H groups in total. The lowest BCUT2D eigenvalue weighted by molar-refractivity contribution is 0.0784. The van der Waals surface area contributed by atoms with Gasteiger partial charge in [0.15, 0.2) is 0 Å². The number of carbonyl (C=O) groups excluding carboxylic acids is 2. The Kier molecular flexibility index (Phi) is 6.26. The SMILES string of the molecule is CN(Cc1ccc(N(C)C)cc1)C(=O)c1ccc(C(=O)NC(C)(C)C)cc1.